The maximum Gasteiger partial charge on any atom is 0.220 e. The van der Waals surface area contributed by atoms with Gasteiger partial charge in [0.1, 0.15) is 0 Å². The molecule has 0 spiro atoms. The van der Waals surface area contributed by atoms with E-state index in [1.54, 1.807) is 11.3 Å². The molecule has 1 unspecified atom stereocenters. The summed E-state index contributed by atoms with van der Waals surface area (Å²) in [6.07, 6.45) is 3.17. The second-order valence-electron chi connectivity index (χ2n) is 7.13. The Balaban J connectivity index is 1.91. The first-order valence-corrected chi connectivity index (χ1v) is 10.5. The number of thiophene rings is 1. The summed E-state index contributed by atoms with van der Waals surface area (Å²) in [5.74, 6) is 0.558. The minimum absolute atomic E-state index is 0.00461. The fourth-order valence-corrected chi connectivity index (χ4v) is 3.74. The number of amides is 2. The second-order valence-corrected chi connectivity index (χ2v) is 8.11. The molecule has 2 amide bonds. The zero-order valence-corrected chi connectivity index (χ0v) is 17.3. The third-order valence-corrected chi connectivity index (χ3v) is 5.46. The van der Waals surface area contributed by atoms with Gasteiger partial charge in [-0.2, -0.15) is 0 Å². The summed E-state index contributed by atoms with van der Waals surface area (Å²) in [4.78, 5) is 24.4. The number of rotatable bonds is 10. The van der Waals surface area contributed by atoms with Gasteiger partial charge in [-0.05, 0) is 41.3 Å². The highest BCUT2D eigenvalue weighted by Gasteiger charge is 2.18. The summed E-state index contributed by atoms with van der Waals surface area (Å²) < 4.78 is 0. The normalized spacial score (nSPS) is 12.0. The highest BCUT2D eigenvalue weighted by atomic mass is 32.1. The monoisotopic (exact) mass is 386 g/mol. The van der Waals surface area contributed by atoms with Crippen LogP contribution in [0.4, 0.5) is 0 Å². The highest BCUT2D eigenvalue weighted by molar-refractivity contribution is 7.10. The largest absolute Gasteiger partial charge is 0.356 e. The van der Waals surface area contributed by atoms with Crippen molar-refractivity contribution in [2.75, 3.05) is 6.54 Å². The molecule has 0 bridgehead atoms. The number of benzene rings is 1. The zero-order chi connectivity index (χ0) is 19.6. The van der Waals surface area contributed by atoms with Gasteiger partial charge in [0.15, 0.2) is 0 Å². The number of unbranched alkanes of at least 4 members (excludes halogenated alkanes) is 2. The van der Waals surface area contributed by atoms with Crippen molar-refractivity contribution in [3.05, 3.63) is 57.8 Å². The first kappa shape index (κ1) is 21.2. The molecule has 1 atom stereocenters. The number of carbonyl (C=O) groups excluding carboxylic acids is 2. The van der Waals surface area contributed by atoms with Crippen LogP contribution < -0.4 is 10.6 Å². The molecule has 5 heteroatoms. The van der Waals surface area contributed by atoms with E-state index in [1.807, 2.05) is 11.4 Å². The summed E-state index contributed by atoms with van der Waals surface area (Å²) in [5, 5.41) is 8.02. The first-order chi connectivity index (χ1) is 13.0. The summed E-state index contributed by atoms with van der Waals surface area (Å²) in [7, 11) is 0. The van der Waals surface area contributed by atoms with E-state index in [-0.39, 0.29) is 17.9 Å². The van der Waals surface area contributed by atoms with Crippen molar-refractivity contribution >= 4 is 23.2 Å². The van der Waals surface area contributed by atoms with E-state index in [0.29, 0.717) is 18.9 Å². The van der Waals surface area contributed by atoms with Crippen molar-refractivity contribution in [2.24, 2.45) is 0 Å². The van der Waals surface area contributed by atoms with E-state index >= 15 is 0 Å². The van der Waals surface area contributed by atoms with Gasteiger partial charge in [-0.1, -0.05) is 50.6 Å². The molecule has 0 saturated carbocycles. The maximum absolute atomic E-state index is 12.5. The molecule has 1 aromatic carbocycles. The number of carbonyl (C=O) groups is 2. The fourth-order valence-electron chi connectivity index (χ4n) is 2.93. The molecule has 0 aliphatic rings. The molecular formula is C22H30N2O2S. The van der Waals surface area contributed by atoms with Crippen molar-refractivity contribution in [3.8, 4) is 0 Å². The van der Waals surface area contributed by atoms with E-state index in [0.717, 1.165) is 29.7 Å². The van der Waals surface area contributed by atoms with Crippen LogP contribution in [0.5, 0.6) is 0 Å². The van der Waals surface area contributed by atoms with E-state index in [2.05, 4.69) is 54.8 Å². The Hall–Kier alpha value is -2.14. The topological polar surface area (TPSA) is 58.2 Å². The smallest absolute Gasteiger partial charge is 0.220 e. The lowest BCUT2D eigenvalue weighted by Gasteiger charge is -2.19. The molecule has 0 fully saturated rings. The van der Waals surface area contributed by atoms with Gasteiger partial charge >= 0.3 is 0 Å². The lowest BCUT2D eigenvalue weighted by atomic mass is 9.98. The molecule has 0 radical (unpaired) electrons. The van der Waals surface area contributed by atoms with E-state index in [9.17, 15) is 9.59 Å². The minimum Gasteiger partial charge on any atom is -0.356 e. The van der Waals surface area contributed by atoms with Crippen LogP contribution in [0.25, 0.3) is 0 Å². The SMILES string of the molecule is CC(=O)NCCCCCC(=O)NC(c1ccc(C(C)C)cc1)c1cccs1. The summed E-state index contributed by atoms with van der Waals surface area (Å²) in [5.41, 5.74) is 2.41. The Morgan fingerprint density at radius 1 is 1.00 bits per heavy atom. The third kappa shape index (κ3) is 7.18. The van der Waals surface area contributed by atoms with Gasteiger partial charge in [-0.3, -0.25) is 9.59 Å². The minimum atomic E-state index is -0.0990. The van der Waals surface area contributed by atoms with Crippen LogP contribution in [-0.2, 0) is 9.59 Å². The lowest BCUT2D eigenvalue weighted by molar-refractivity contribution is -0.122. The van der Waals surface area contributed by atoms with Crippen LogP contribution in [0.1, 0.15) is 74.4 Å². The Bertz CT molecular complexity index is 708. The number of hydrogen-bond donors (Lipinski definition) is 2. The van der Waals surface area contributed by atoms with Crippen molar-refractivity contribution in [1.29, 1.82) is 0 Å². The van der Waals surface area contributed by atoms with Crippen LogP contribution in [-0.4, -0.2) is 18.4 Å². The molecule has 0 aliphatic carbocycles. The third-order valence-electron chi connectivity index (χ3n) is 4.52. The molecule has 27 heavy (non-hydrogen) atoms. The first-order valence-electron chi connectivity index (χ1n) is 9.64. The molecule has 0 aliphatic heterocycles. The summed E-state index contributed by atoms with van der Waals surface area (Å²) in [6, 6.07) is 12.5. The fraction of sp³-hybridized carbons (Fsp3) is 0.455. The Morgan fingerprint density at radius 3 is 2.30 bits per heavy atom. The zero-order valence-electron chi connectivity index (χ0n) is 16.5. The summed E-state index contributed by atoms with van der Waals surface area (Å²) in [6.45, 7) is 6.56. The molecule has 4 nitrogen and oxygen atoms in total. The van der Waals surface area contributed by atoms with Crippen LogP contribution >= 0.6 is 11.3 Å². The van der Waals surface area contributed by atoms with E-state index < -0.39 is 0 Å². The van der Waals surface area contributed by atoms with Crippen LogP contribution in [0, 0.1) is 0 Å². The summed E-state index contributed by atoms with van der Waals surface area (Å²) >= 11 is 1.66. The van der Waals surface area contributed by atoms with Gasteiger partial charge in [0.25, 0.3) is 0 Å². The average Bonchev–Trinajstić information content (AvgIpc) is 3.17. The quantitative estimate of drug-likeness (QED) is 0.578. The Morgan fingerprint density at radius 2 is 1.70 bits per heavy atom. The highest BCUT2D eigenvalue weighted by Crippen LogP contribution is 2.27. The number of nitrogens with one attached hydrogen (secondary N) is 2. The molecule has 0 saturated heterocycles. The Labute approximate surface area is 166 Å². The molecule has 1 aromatic heterocycles. The second kappa shape index (κ2) is 10.9. The molecule has 146 valence electrons. The lowest BCUT2D eigenvalue weighted by Crippen LogP contribution is -2.28. The average molecular weight is 387 g/mol. The van der Waals surface area contributed by atoms with Crippen LogP contribution in [0.3, 0.4) is 0 Å². The van der Waals surface area contributed by atoms with E-state index in [4.69, 9.17) is 0 Å². The van der Waals surface area contributed by atoms with Gasteiger partial charge in [0.2, 0.25) is 11.8 Å². The van der Waals surface area contributed by atoms with Gasteiger partial charge in [0.05, 0.1) is 6.04 Å². The van der Waals surface area contributed by atoms with Gasteiger partial charge < -0.3 is 10.6 Å². The number of hydrogen-bond acceptors (Lipinski definition) is 3. The Kier molecular flexibility index (Phi) is 8.52. The van der Waals surface area contributed by atoms with Gasteiger partial charge in [-0.15, -0.1) is 11.3 Å². The molecule has 2 aromatic rings. The molecule has 2 N–H and O–H groups in total. The standard InChI is InChI=1S/C22H30N2O2S/c1-16(2)18-10-12-19(13-11-18)22(20-8-7-15-27-20)24-21(26)9-5-4-6-14-23-17(3)25/h7-8,10-13,15-16,22H,4-6,9,14H2,1-3H3,(H,23,25)(H,24,26). The van der Waals surface area contributed by atoms with Crippen molar-refractivity contribution in [2.45, 2.75) is 58.4 Å². The van der Waals surface area contributed by atoms with Crippen LogP contribution in [0.15, 0.2) is 41.8 Å². The molecule has 2 rings (SSSR count). The van der Waals surface area contributed by atoms with Crippen molar-refractivity contribution < 1.29 is 9.59 Å². The van der Waals surface area contributed by atoms with Crippen LogP contribution in [0.2, 0.25) is 0 Å². The molecular weight excluding hydrogens is 356 g/mol. The van der Waals surface area contributed by atoms with Crippen molar-refractivity contribution in [3.63, 3.8) is 0 Å². The van der Waals surface area contributed by atoms with E-state index in [1.165, 1.54) is 12.5 Å². The van der Waals surface area contributed by atoms with Gasteiger partial charge in [0, 0.05) is 24.8 Å². The predicted octanol–water partition coefficient (Wildman–Crippen LogP) is 4.77. The maximum atomic E-state index is 12.5. The molecule has 1 heterocycles. The van der Waals surface area contributed by atoms with Gasteiger partial charge in [-0.25, -0.2) is 0 Å². The van der Waals surface area contributed by atoms with Crippen molar-refractivity contribution in [1.82, 2.24) is 10.6 Å². The predicted molar refractivity (Wildman–Crippen MR) is 112 cm³/mol.